The van der Waals surface area contributed by atoms with Crippen molar-refractivity contribution in [3.63, 3.8) is 0 Å². The molecule has 3 rings (SSSR count). The van der Waals surface area contributed by atoms with Crippen LogP contribution in [0, 0.1) is 6.92 Å². The lowest BCUT2D eigenvalue weighted by Crippen LogP contribution is -2.23. The molecule has 3 aromatic rings. The lowest BCUT2D eigenvalue weighted by atomic mass is 10.1. The Kier molecular flexibility index (Phi) is 3.86. The first-order chi connectivity index (χ1) is 10.6. The van der Waals surface area contributed by atoms with Crippen molar-refractivity contribution in [3.8, 4) is 0 Å². The molecule has 1 amide bonds. The van der Waals surface area contributed by atoms with E-state index in [9.17, 15) is 4.79 Å². The van der Waals surface area contributed by atoms with Crippen LogP contribution in [-0.4, -0.2) is 15.5 Å². The van der Waals surface area contributed by atoms with Gasteiger partial charge in [-0.3, -0.25) is 4.79 Å². The van der Waals surface area contributed by atoms with E-state index >= 15 is 0 Å². The molecule has 0 atom stereocenters. The minimum absolute atomic E-state index is 0.178. The average molecular weight is 314 g/mol. The Bertz CT molecular complexity index is 854. The van der Waals surface area contributed by atoms with Gasteiger partial charge >= 0.3 is 0 Å². The van der Waals surface area contributed by atoms with Gasteiger partial charge in [0.25, 0.3) is 5.91 Å². The van der Waals surface area contributed by atoms with Crippen molar-refractivity contribution >= 4 is 28.5 Å². The number of hydrogen-bond donors (Lipinski definition) is 1. The Labute approximate surface area is 133 Å². The molecule has 0 radical (unpaired) electrons. The molecule has 2 aromatic carbocycles. The molecule has 0 unspecified atom stereocenters. The monoisotopic (exact) mass is 313 g/mol. The number of fused-ring (bicyclic) bond motifs is 1. The van der Waals surface area contributed by atoms with E-state index in [1.54, 1.807) is 24.3 Å². The second-order valence-electron chi connectivity index (χ2n) is 5.20. The van der Waals surface area contributed by atoms with Crippen molar-refractivity contribution in [2.75, 3.05) is 0 Å². The zero-order valence-electron chi connectivity index (χ0n) is 12.4. The summed E-state index contributed by atoms with van der Waals surface area (Å²) in [4.78, 5) is 16.6. The third kappa shape index (κ3) is 2.70. The standard InChI is InChI=1S/C17H16ClN3O/c1-11-20-15-9-12(7-8-16(15)21(11)2)10-19-17(22)13-5-3-4-6-14(13)18/h3-9H,10H2,1-2H3,(H,19,22). The Hall–Kier alpha value is -2.33. The molecule has 0 fully saturated rings. The highest BCUT2D eigenvalue weighted by Gasteiger charge is 2.10. The quantitative estimate of drug-likeness (QED) is 0.805. The zero-order valence-corrected chi connectivity index (χ0v) is 13.2. The molecule has 1 heterocycles. The summed E-state index contributed by atoms with van der Waals surface area (Å²) in [5, 5.41) is 3.34. The number of nitrogens with zero attached hydrogens (tertiary/aromatic N) is 2. The molecular weight excluding hydrogens is 298 g/mol. The van der Waals surface area contributed by atoms with Crippen LogP contribution in [-0.2, 0) is 13.6 Å². The van der Waals surface area contributed by atoms with Crippen molar-refractivity contribution in [2.45, 2.75) is 13.5 Å². The lowest BCUT2D eigenvalue weighted by Gasteiger charge is -2.07. The van der Waals surface area contributed by atoms with Gasteiger partial charge in [0.1, 0.15) is 5.82 Å². The zero-order chi connectivity index (χ0) is 15.7. The first kappa shape index (κ1) is 14.6. The maximum Gasteiger partial charge on any atom is 0.253 e. The molecule has 0 aliphatic heterocycles. The van der Waals surface area contributed by atoms with Crippen molar-refractivity contribution in [2.24, 2.45) is 7.05 Å². The molecule has 0 saturated heterocycles. The number of aryl methyl sites for hydroxylation is 2. The highest BCUT2D eigenvalue weighted by atomic mass is 35.5. The summed E-state index contributed by atoms with van der Waals surface area (Å²) < 4.78 is 2.04. The second-order valence-corrected chi connectivity index (χ2v) is 5.61. The van der Waals surface area contributed by atoms with Gasteiger partial charge in [-0.2, -0.15) is 0 Å². The Morgan fingerprint density at radius 2 is 2.05 bits per heavy atom. The number of benzene rings is 2. The van der Waals surface area contributed by atoms with Crippen LogP contribution in [0.1, 0.15) is 21.7 Å². The topological polar surface area (TPSA) is 46.9 Å². The van der Waals surface area contributed by atoms with E-state index in [2.05, 4.69) is 10.3 Å². The number of amides is 1. The first-order valence-corrected chi connectivity index (χ1v) is 7.39. The molecule has 0 aliphatic rings. The third-order valence-electron chi connectivity index (χ3n) is 3.74. The lowest BCUT2D eigenvalue weighted by molar-refractivity contribution is 0.0951. The van der Waals surface area contributed by atoms with Crippen molar-refractivity contribution in [1.29, 1.82) is 0 Å². The first-order valence-electron chi connectivity index (χ1n) is 7.01. The number of imidazole rings is 1. The minimum atomic E-state index is -0.178. The van der Waals surface area contributed by atoms with Gasteiger partial charge in [0.2, 0.25) is 0 Å². The summed E-state index contributed by atoms with van der Waals surface area (Å²) >= 11 is 6.03. The fraction of sp³-hybridized carbons (Fsp3) is 0.176. The summed E-state index contributed by atoms with van der Waals surface area (Å²) in [6.45, 7) is 2.41. The van der Waals surface area contributed by atoms with Crippen LogP contribution in [0.4, 0.5) is 0 Å². The van der Waals surface area contributed by atoms with Gasteiger partial charge in [0.15, 0.2) is 0 Å². The molecule has 22 heavy (non-hydrogen) atoms. The molecule has 1 aromatic heterocycles. The third-order valence-corrected chi connectivity index (χ3v) is 4.07. The van der Waals surface area contributed by atoms with Gasteiger partial charge in [-0.1, -0.05) is 29.8 Å². The summed E-state index contributed by atoms with van der Waals surface area (Å²) in [7, 11) is 1.99. The highest BCUT2D eigenvalue weighted by molar-refractivity contribution is 6.33. The van der Waals surface area contributed by atoms with E-state index in [-0.39, 0.29) is 5.91 Å². The SMILES string of the molecule is Cc1nc2cc(CNC(=O)c3ccccc3Cl)ccc2n1C. The van der Waals surface area contributed by atoms with Crippen LogP contribution in [0.25, 0.3) is 11.0 Å². The molecule has 112 valence electrons. The summed E-state index contributed by atoms with van der Waals surface area (Å²) in [5.41, 5.74) is 3.51. The highest BCUT2D eigenvalue weighted by Crippen LogP contribution is 2.17. The van der Waals surface area contributed by atoms with E-state index in [0.717, 1.165) is 22.4 Å². The van der Waals surface area contributed by atoms with Crippen molar-refractivity contribution < 1.29 is 4.79 Å². The van der Waals surface area contributed by atoms with Crippen LogP contribution in [0.5, 0.6) is 0 Å². The molecule has 0 spiro atoms. The van der Waals surface area contributed by atoms with Gasteiger partial charge in [-0.25, -0.2) is 4.98 Å². The van der Waals surface area contributed by atoms with Gasteiger partial charge < -0.3 is 9.88 Å². The van der Waals surface area contributed by atoms with Crippen LogP contribution in [0.3, 0.4) is 0 Å². The summed E-state index contributed by atoms with van der Waals surface area (Å²) in [6, 6.07) is 13.0. The molecule has 0 bridgehead atoms. The fourth-order valence-electron chi connectivity index (χ4n) is 2.40. The summed E-state index contributed by atoms with van der Waals surface area (Å²) in [5.74, 6) is 0.787. The van der Waals surface area contributed by atoms with E-state index in [4.69, 9.17) is 11.6 Å². The van der Waals surface area contributed by atoms with Gasteiger partial charge in [0, 0.05) is 13.6 Å². The van der Waals surface area contributed by atoms with E-state index < -0.39 is 0 Å². The van der Waals surface area contributed by atoms with Gasteiger partial charge in [-0.15, -0.1) is 0 Å². The Morgan fingerprint density at radius 3 is 2.82 bits per heavy atom. The average Bonchev–Trinajstić information content (AvgIpc) is 2.80. The molecule has 0 saturated carbocycles. The van der Waals surface area contributed by atoms with Crippen molar-refractivity contribution in [3.05, 3.63) is 64.4 Å². The number of carbonyl (C=O) groups is 1. The number of nitrogens with one attached hydrogen (secondary N) is 1. The maximum absolute atomic E-state index is 12.1. The van der Waals surface area contributed by atoms with E-state index in [1.165, 1.54) is 0 Å². The molecular formula is C17H16ClN3O. The smallest absolute Gasteiger partial charge is 0.253 e. The van der Waals surface area contributed by atoms with Gasteiger partial charge in [0.05, 0.1) is 21.6 Å². The minimum Gasteiger partial charge on any atom is -0.348 e. The normalized spacial score (nSPS) is 10.9. The van der Waals surface area contributed by atoms with Crippen molar-refractivity contribution in [1.82, 2.24) is 14.9 Å². The molecule has 1 N–H and O–H groups in total. The fourth-order valence-corrected chi connectivity index (χ4v) is 2.62. The largest absolute Gasteiger partial charge is 0.348 e. The maximum atomic E-state index is 12.1. The number of hydrogen-bond acceptors (Lipinski definition) is 2. The number of rotatable bonds is 3. The van der Waals surface area contributed by atoms with Crippen LogP contribution >= 0.6 is 11.6 Å². The molecule has 5 heteroatoms. The molecule has 4 nitrogen and oxygen atoms in total. The van der Waals surface area contributed by atoms with Gasteiger partial charge in [-0.05, 0) is 36.8 Å². The van der Waals surface area contributed by atoms with E-state index in [1.807, 2.05) is 36.7 Å². The predicted octanol–water partition coefficient (Wildman–Crippen LogP) is 3.47. The Morgan fingerprint density at radius 1 is 1.27 bits per heavy atom. The van der Waals surface area contributed by atoms with E-state index in [0.29, 0.717) is 17.1 Å². The number of halogens is 1. The number of carbonyl (C=O) groups excluding carboxylic acids is 1. The predicted molar refractivity (Wildman–Crippen MR) is 88.1 cm³/mol. The molecule has 0 aliphatic carbocycles. The summed E-state index contributed by atoms with van der Waals surface area (Å²) in [6.07, 6.45) is 0. The van der Waals surface area contributed by atoms with Crippen LogP contribution < -0.4 is 5.32 Å². The Balaban J connectivity index is 1.76. The van der Waals surface area contributed by atoms with Crippen LogP contribution in [0.15, 0.2) is 42.5 Å². The van der Waals surface area contributed by atoms with Crippen LogP contribution in [0.2, 0.25) is 5.02 Å². The second kappa shape index (κ2) is 5.81. The number of aromatic nitrogens is 2.